The van der Waals surface area contributed by atoms with E-state index in [1.807, 2.05) is 42.5 Å². The molecule has 3 aromatic carbocycles. The second-order valence-electron chi connectivity index (χ2n) is 8.14. The van der Waals surface area contributed by atoms with E-state index in [4.69, 9.17) is 4.74 Å². The summed E-state index contributed by atoms with van der Waals surface area (Å²) in [4.78, 5) is 29.9. The molecule has 10 heteroatoms. The molecular formula is C26H23N3O5S2. The van der Waals surface area contributed by atoms with Gasteiger partial charge in [-0.3, -0.25) is 13.9 Å². The minimum absolute atomic E-state index is 0.0710. The summed E-state index contributed by atoms with van der Waals surface area (Å²) < 4.78 is 35.5. The van der Waals surface area contributed by atoms with E-state index in [1.54, 1.807) is 17.6 Å². The van der Waals surface area contributed by atoms with Crippen LogP contribution in [0.1, 0.15) is 22.8 Å². The molecule has 36 heavy (non-hydrogen) atoms. The van der Waals surface area contributed by atoms with Crippen molar-refractivity contribution in [1.29, 1.82) is 0 Å². The number of nitrogens with zero attached hydrogens (tertiary/aromatic N) is 3. The lowest BCUT2D eigenvalue weighted by molar-refractivity contribution is -0.143. The summed E-state index contributed by atoms with van der Waals surface area (Å²) in [5, 5.41) is 0. The highest BCUT2D eigenvalue weighted by molar-refractivity contribution is 7.92. The summed E-state index contributed by atoms with van der Waals surface area (Å²) in [7, 11) is -3.76. The fourth-order valence-corrected chi connectivity index (χ4v) is 6.73. The third-order valence-corrected chi connectivity index (χ3v) is 8.80. The van der Waals surface area contributed by atoms with Crippen LogP contribution in [-0.2, 0) is 32.5 Å². The molecule has 184 valence electrons. The Hall–Kier alpha value is -3.76. The van der Waals surface area contributed by atoms with E-state index in [0.29, 0.717) is 23.5 Å². The number of anilines is 1. The molecule has 0 fully saturated rings. The zero-order valence-corrected chi connectivity index (χ0v) is 21.1. The van der Waals surface area contributed by atoms with E-state index in [0.717, 1.165) is 15.8 Å². The molecular weight excluding hydrogens is 498 g/mol. The van der Waals surface area contributed by atoms with Crippen LogP contribution in [0.2, 0.25) is 0 Å². The van der Waals surface area contributed by atoms with Crippen LogP contribution in [0, 0.1) is 0 Å². The van der Waals surface area contributed by atoms with Gasteiger partial charge in [0.2, 0.25) is 0 Å². The van der Waals surface area contributed by atoms with Gasteiger partial charge >= 0.3 is 5.97 Å². The van der Waals surface area contributed by atoms with Gasteiger partial charge in [0.25, 0.3) is 15.9 Å². The van der Waals surface area contributed by atoms with E-state index in [9.17, 15) is 18.0 Å². The van der Waals surface area contributed by atoms with Gasteiger partial charge in [-0.1, -0.05) is 41.7 Å². The highest BCUT2D eigenvalue weighted by atomic mass is 32.2. The first-order valence-corrected chi connectivity index (χ1v) is 13.7. The molecule has 1 aliphatic rings. The maximum atomic E-state index is 13.2. The minimum Gasteiger partial charge on any atom is -0.465 e. The number of ether oxygens (including phenoxy) is 1. The molecule has 2 heterocycles. The summed E-state index contributed by atoms with van der Waals surface area (Å²) in [5.74, 6) is -0.956. The van der Waals surface area contributed by atoms with Crippen LogP contribution in [-0.4, -0.2) is 38.0 Å². The normalized spacial score (nSPS) is 13.7. The molecule has 0 N–H and O–H groups in total. The number of thiazole rings is 1. The Morgan fingerprint density at radius 3 is 2.50 bits per heavy atom. The van der Waals surface area contributed by atoms with Gasteiger partial charge in [0.1, 0.15) is 6.54 Å². The Morgan fingerprint density at radius 2 is 1.72 bits per heavy atom. The molecule has 0 radical (unpaired) electrons. The molecule has 1 aliphatic heterocycles. The topological polar surface area (TPSA) is 98.0 Å². The molecule has 5 rings (SSSR count). The van der Waals surface area contributed by atoms with Crippen LogP contribution in [0.15, 0.2) is 82.7 Å². The summed E-state index contributed by atoms with van der Waals surface area (Å²) in [6.45, 7) is 2.29. The summed E-state index contributed by atoms with van der Waals surface area (Å²) in [5.41, 5.74) is 2.69. The molecule has 0 spiro atoms. The van der Waals surface area contributed by atoms with Crippen molar-refractivity contribution < 1.29 is 22.7 Å². The highest BCUT2D eigenvalue weighted by Crippen LogP contribution is 2.32. The number of sulfonamides is 1. The number of amides is 1. The number of hydrogen-bond donors (Lipinski definition) is 0. The van der Waals surface area contributed by atoms with Crippen LogP contribution >= 0.6 is 11.3 Å². The number of para-hydroxylation sites is 2. The fourth-order valence-electron chi connectivity index (χ4n) is 4.20. The fraction of sp³-hybridized carbons (Fsp3) is 0.192. The Kier molecular flexibility index (Phi) is 6.46. The third kappa shape index (κ3) is 4.45. The highest BCUT2D eigenvalue weighted by Gasteiger charge is 2.30. The van der Waals surface area contributed by atoms with Crippen molar-refractivity contribution >= 4 is 49.1 Å². The molecule has 0 aliphatic carbocycles. The maximum Gasteiger partial charge on any atom is 0.326 e. The van der Waals surface area contributed by atoms with Crippen molar-refractivity contribution in [3.63, 3.8) is 0 Å². The van der Waals surface area contributed by atoms with Crippen LogP contribution in [0.4, 0.5) is 5.69 Å². The van der Waals surface area contributed by atoms with Gasteiger partial charge in [-0.15, -0.1) is 0 Å². The summed E-state index contributed by atoms with van der Waals surface area (Å²) >= 11 is 1.29. The van der Waals surface area contributed by atoms with Crippen molar-refractivity contribution in [2.24, 2.45) is 4.99 Å². The Morgan fingerprint density at radius 1 is 1.00 bits per heavy atom. The number of esters is 1. The molecule has 0 saturated heterocycles. The van der Waals surface area contributed by atoms with Crippen molar-refractivity contribution in [1.82, 2.24) is 4.57 Å². The number of hydrogen-bond acceptors (Lipinski definition) is 6. The summed E-state index contributed by atoms with van der Waals surface area (Å²) in [6.07, 6.45) is 0.659. The van der Waals surface area contributed by atoms with Crippen molar-refractivity contribution in [3.05, 3.63) is 88.7 Å². The van der Waals surface area contributed by atoms with Crippen LogP contribution in [0.25, 0.3) is 10.2 Å². The third-order valence-electron chi connectivity index (χ3n) is 5.91. The lowest BCUT2D eigenvalue weighted by Crippen LogP contribution is -2.29. The maximum absolute atomic E-state index is 13.2. The first-order valence-electron chi connectivity index (χ1n) is 11.4. The second-order valence-corrected chi connectivity index (χ2v) is 11.0. The number of fused-ring (bicyclic) bond motifs is 2. The van der Waals surface area contributed by atoms with Crippen molar-refractivity contribution in [2.75, 3.05) is 17.5 Å². The number of benzene rings is 3. The lowest BCUT2D eigenvalue weighted by atomic mass is 10.2. The Bertz CT molecular complexity index is 1640. The molecule has 1 amide bonds. The number of carbonyl (C=O) groups is 2. The molecule has 0 unspecified atom stereocenters. The predicted molar refractivity (Wildman–Crippen MR) is 137 cm³/mol. The van der Waals surface area contributed by atoms with Crippen LogP contribution in [0.3, 0.4) is 0 Å². The second kappa shape index (κ2) is 9.71. The van der Waals surface area contributed by atoms with Gasteiger partial charge < -0.3 is 9.30 Å². The van der Waals surface area contributed by atoms with E-state index >= 15 is 0 Å². The zero-order valence-electron chi connectivity index (χ0n) is 19.5. The quantitative estimate of drug-likeness (QED) is 0.360. The standard InChI is InChI=1S/C26H23N3O5S2/c1-2-34-24(30)17-28-22-9-5-6-10-23(22)35-26(28)27-25(31)19-11-13-20(14-12-19)36(32,33)29-16-15-18-7-3-4-8-21(18)29/h3-14H,2,15-17H2,1H3. The predicted octanol–water partition coefficient (Wildman–Crippen LogP) is 3.76. The van der Waals surface area contributed by atoms with Gasteiger partial charge in [0.15, 0.2) is 4.80 Å². The first kappa shape index (κ1) is 24.0. The monoisotopic (exact) mass is 521 g/mol. The molecule has 0 bridgehead atoms. The summed E-state index contributed by atoms with van der Waals surface area (Å²) in [6, 6.07) is 20.7. The molecule has 0 atom stereocenters. The smallest absolute Gasteiger partial charge is 0.326 e. The molecule has 0 saturated carbocycles. The van der Waals surface area contributed by atoms with Crippen molar-refractivity contribution in [3.8, 4) is 0 Å². The van der Waals surface area contributed by atoms with Gasteiger partial charge in [0, 0.05) is 12.1 Å². The average Bonchev–Trinajstić information content (AvgIpc) is 3.46. The van der Waals surface area contributed by atoms with Crippen molar-refractivity contribution in [2.45, 2.75) is 24.8 Å². The molecule has 8 nitrogen and oxygen atoms in total. The largest absolute Gasteiger partial charge is 0.465 e. The SMILES string of the molecule is CCOC(=O)Cn1c(=NC(=O)c2ccc(S(=O)(=O)N3CCc4ccccc43)cc2)sc2ccccc21. The van der Waals surface area contributed by atoms with Crippen LogP contribution < -0.4 is 9.11 Å². The molecule has 4 aromatic rings. The lowest BCUT2D eigenvalue weighted by Gasteiger charge is -2.19. The van der Waals surface area contributed by atoms with E-state index in [1.165, 1.54) is 39.9 Å². The minimum atomic E-state index is -3.76. The first-order chi connectivity index (χ1) is 17.4. The number of carbonyl (C=O) groups excluding carboxylic acids is 2. The van der Waals surface area contributed by atoms with E-state index in [2.05, 4.69) is 4.99 Å². The Labute approximate surface area is 212 Å². The van der Waals surface area contributed by atoms with Gasteiger partial charge in [-0.25, -0.2) is 8.42 Å². The molecule has 1 aromatic heterocycles. The number of rotatable bonds is 6. The van der Waals surface area contributed by atoms with Gasteiger partial charge in [0.05, 0.1) is 27.4 Å². The Balaban J connectivity index is 1.45. The van der Waals surface area contributed by atoms with Crippen LogP contribution in [0.5, 0.6) is 0 Å². The van der Waals surface area contributed by atoms with E-state index < -0.39 is 21.9 Å². The van der Waals surface area contributed by atoms with Gasteiger partial charge in [-0.05, 0) is 61.4 Å². The number of aromatic nitrogens is 1. The zero-order chi connectivity index (χ0) is 25.3. The average molecular weight is 522 g/mol. The van der Waals surface area contributed by atoms with Gasteiger partial charge in [-0.2, -0.15) is 4.99 Å². The van der Waals surface area contributed by atoms with E-state index in [-0.39, 0.29) is 23.6 Å².